The Labute approximate surface area is 151 Å². The maximum absolute atomic E-state index is 12.4. The largest absolute Gasteiger partial charge is 0.478 e. The van der Waals surface area contributed by atoms with E-state index in [-0.39, 0.29) is 17.4 Å². The van der Waals surface area contributed by atoms with E-state index < -0.39 is 5.97 Å². The lowest BCUT2D eigenvalue weighted by molar-refractivity contribution is -0.117. The predicted molar refractivity (Wildman–Crippen MR) is 97.3 cm³/mol. The van der Waals surface area contributed by atoms with Crippen LogP contribution in [0.4, 0.5) is 5.69 Å². The molecule has 2 aromatic rings. The van der Waals surface area contributed by atoms with E-state index in [4.69, 9.17) is 5.11 Å². The first kappa shape index (κ1) is 17.7. The van der Waals surface area contributed by atoms with Gasteiger partial charge in [0.25, 0.3) is 5.91 Å². The van der Waals surface area contributed by atoms with Crippen molar-refractivity contribution in [2.24, 2.45) is 0 Å². The number of hydrogen-bond acceptors (Lipinski definition) is 3. The molecule has 26 heavy (non-hydrogen) atoms. The molecule has 0 saturated carbocycles. The van der Waals surface area contributed by atoms with Gasteiger partial charge in [-0.05, 0) is 54.8 Å². The number of nitrogens with one attached hydrogen (secondary N) is 1. The Balaban J connectivity index is 1.70. The molecule has 6 heteroatoms. The summed E-state index contributed by atoms with van der Waals surface area (Å²) in [4.78, 5) is 37.1. The van der Waals surface area contributed by atoms with Crippen LogP contribution in [0.15, 0.2) is 42.5 Å². The standard InChI is InChI=1S/C20H20N2O4/c1-13-8-15(11-16(9-13)20(25)26)19(24)21-12-14-4-2-5-17(10-14)22-7-3-6-18(22)23/h2,4-5,8-11H,3,6-7,12H2,1H3,(H,21,24)(H,25,26). The average Bonchev–Trinajstić information content (AvgIpc) is 3.05. The van der Waals surface area contributed by atoms with Crippen LogP contribution in [0.3, 0.4) is 0 Å². The number of rotatable bonds is 5. The van der Waals surface area contributed by atoms with Gasteiger partial charge in [0.2, 0.25) is 5.91 Å². The van der Waals surface area contributed by atoms with Gasteiger partial charge in [-0.1, -0.05) is 12.1 Å². The molecule has 1 fully saturated rings. The molecule has 0 unspecified atom stereocenters. The maximum Gasteiger partial charge on any atom is 0.335 e. The van der Waals surface area contributed by atoms with Gasteiger partial charge in [0.05, 0.1) is 5.56 Å². The molecule has 6 nitrogen and oxygen atoms in total. The topological polar surface area (TPSA) is 86.7 Å². The minimum absolute atomic E-state index is 0.0877. The molecule has 134 valence electrons. The zero-order valence-corrected chi connectivity index (χ0v) is 14.5. The molecule has 0 aliphatic carbocycles. The van der Waals surface area contributed by atoms with E-state index in [9.17, 15) is 14.4 Å². The second-order valence-corrected chi connectivity index (χ2v) is 6.39. The number of hydrogen-bond donors (Lipinski definition) is 2. The number of anilines is 1. The molecule has 1 heterocycles. The molecule has 1 aliphatic heterocycles. The first-order valence-corrected chi connectivity index (χ1v) is 8.46. The summed E-state index contributed by atoms with van der Waals surface area (Å²) < 4.78 is 0. The molecule has 1 aliphatic rings. The van der Waals surface area contributed by atoms with Crippen molar-refractivity contribution in [3.05, 3.63) is 64.7 Å². The highest BCUT2D eigenvalue weighted by molar-refractivity contribution is 5.98. The predicted octanol–water partition coefficient (Wildman–Crippen LogP) is 2.75. The van der Waals surface area contributed by atoms with Crippen molar-refractivity contribution < 1.29 is 19.5 Å². The van der Waals surface area contributed by atoms with Crippen LogP contribution < -0.4 is 10.2 Å². The van der Waals surface area contributed by atoms with E-state index in [1.54, 1.807) is 17.9 Å². The summed E-state index contributed by atoms with van der Waals surface area (Å²) in [7, 11) is 0. The van der Waals surface area contributed by atoms with Crippen molar-refractivity contribution in [2.75, 3.05) is 11.4 Å². The quantitative estimate of drug-likeness (QED) is 0.866. The molecule has 0 spiro atoms. The molecule has 0 atom stereocenters. The smallest absolute Gasteiger partial charge is 0.335 e. The monoisotopic (exact) mass is 352 g/mol. The Hall–Kier alpha value is -3.15. The first-order valence-electron chi connectivity index (χ1n) is 8.46. The Bertz CT molecular complexity index is 876. The Morgan fingerprint density at radius 1 is 1.15 bits per heavy atom. The molecule has 1 saturated heterocycles. The van der Waals surface area contributed by atoms with Crippen molar-refractivity contribution in [2.45, 2.75) is 26.3 Å². The lowest BCUT2D eigenvalue weighted by atomic mass is 10.1. The van der Waals surface area contributed by atoms with Gasteiger partial charge in [-0.2, -0.15) is 0 Å². The van der Waals surface area contributed by atoms with Gasteiger partial charge < -0.3 is 15.3 Å². The fourth-order valence-electron chi connectivity index (χ4n) is 3.08. The van der Waals surface area contributed by atoms with Gasteiger partial charge >= 0.3 is 5.97 Å². The summed E-state index contributed by atoms with van der Waals surface area (Å²) in [6.07, 6.45) is 1.43. The first-order chi connectivity index (χ1) is 12.4. The number of carbonyl (C=O) groups excluding carboxylic acids is 2. The number of carbonyl (C=O) groups is 3. The van der Waals surface area contributed by atoms with Crippen molar-refractivity contribution >= 4 is 23.5 Å². The fourth-order valence-corrected chi connectivity index (χ4v) is 3.08. The molecule has 0 radical (unpaired) electrons. The lowest BCUT2D eigenvalue weighted by Crippen LogP contribution is -2.25. The Kier molecular flexibility index (Phi) is 5.02. The summed E-state index contributed by atoms with van der Waals surface area (Å²) in [5.74, 6) is -1.28. The van der Waals surface area contributed by atoms with Gasteiger partial charge in [0.1, 0.15) is 0 Å². The highest BCUT2D eigenvalue weighted by Gasteiger charge is 2.21. The zero-order valence-electron chi connectivity index (χ0n) is 14.5. The van der Waals surface area contributed by atoms with E-state index in [0.717, 1.165) is 24.2 Å². The summed E-state index contributed by atoms with van der Waals surface area (Å²) >= 11 is 0. The molecule has 2 N–H and O–H groups in total. The number of carboxylic acids is 1. The summed E-state index contributed by atoms with van der Waals surface area (Å²) in [5, 5.41) is 11.9. The number of nitrogens with zero attached hydrogens (tertiary/aromatic N) is 1. The molecule has 0 bridgehead atoms. The number of carboxylic acid groups (broad SMARTS) is 1. The van der Waals surface area contributed by atoms with Crippen LogP contribution in [-0.2, 0) is 11.3 Å². The van der Waals surface area contributed by atoms with E-state index >= 15 is 0 Å². The zero-order chi connectivity index (χ0) is 18.7. The van der Waals surface area contributed by atoms with Crippen LogP contribution in [-0.4, -0.2) is 29.4 Å². The minimum atomic E-state index is -1.06. The van der Waals surface area contributed by atoms with Gasteiger partial charge in [-0.3, -0.25) is 9.59 Å². The van der Waals surface area contributed by atoms with Crippen molar-refractivity contribution in [3.63, 3.8) is 0 Å². The molecule has 2 aromatic carbocycles. The molecule has 2 amide bonds. The van der Waals surface area contributed by atoms with Crippen LogP contribution in [0, 0.1) is 6.92 Å². The highest BCUT2D eigenvalue weighted by atomic mass is 16.4. The summed E-state index contributed by atoms with van der Waals surface area (Å²) in [6.45, 7) is 2.76. The molecular weight excluding hydrogens is 332 g/mol. The van der Waals surface area contributed by atoms with E-state index in [2.05, 4.69) is 5.32 Å². The van der Waals surface area contributed by atoms with Crippen molar-refractivity contribution in [1.82, 2.24) is 5.32 Å². The molecule has 3 rings (SSSR count). The Morgan fingerprint density at radius 2 is 1.92 bits per heavy atom. The highest BCUT2D eigenvalue weighted by Crippen LogP contribution is 2.22. The van der Waals surface area contributed by atoms with Crippen molar-refractivity contribution in [3.8, 4) is 0 Å². The van der Waals surface area contributed by atoms with E-state index in [1.807, 2.05) is 24.3 Å². The van der Waals surface area contributed by atoms with E-state index in [0.29, 0.717) is 24.1 Å². The van der Waals surface area contributed by atoms with Crippen LogP contribution >= 0.6 is 0 Å². The minimum Gasteiger partial charge on any atom is -0.478 e. The second-order valence-electron chi connectivity index (χ2n) is 6.39. The summed E-state index contributed by atoms with van der Waals surface area (Å²) in [5.41, 5.74) is 2.83. The number of amides is 2. The number of benzene rings is 2. The van der Waals surface area contributed by atoms with Gasteiger partial charge in [-0.15, -0.1) is 0 Å². The van der Waals surface area contributed by atoms with Crippen molar-refractivity contribution in [1.29, 1.82) is 0 Å². The van der Waals surface area contributed by atoms with Crippen LogP contribution in [0.5, 0.6) is 0 Å². The second kappa shape index (κ2) is 7.39. The third-order valence-electron chi connectivity index (χ3n) is 4.34. The number of aryl methyl sites for hydroxylation is 1. The van der Waals surface area contributed by atoms with Gasteiger partial charge in [-0.25, -0.2) is 4.79 Å². The SMILES string of the molecule is Cc1cc(C(=O)O)cc(C(=O)NCc2cccc(N3CCCC3=O)c2)c1. The lowest BCUT2D eigenvalue weighted by Gasteiger charge is -2.16. The van der Waals surface area contributed by atoms with E-state index in [1.165, 1.54) is 12.1 Å². The fraction of sp³-hybridized carbons (Fsp3) is 0.250. The third kappa shape index (κ3) is 3.91. The van der Waals surface area contributed by atoms with Gasteiger partial charge in [0.15, 0.2) is 0 Å². The molecule has 0 aromatic heterocycles. The third-order valence-corrected chi connectivity index (χ3v) is 4.34. The molecular formula is C20H20N2O4. The van der Waals surface area contributed by atoms with Crippen LogP contribution in [0.25, 0.3) is 0 Å². The number of aromatic carboxylic acids is 1. The normalized spacial score (nSPS) is 13.7. The average molecular weight is 352 g/mol. The van der Waals surface area contributed by atoms with Crippen LogP contribution in [0.2, 0.25) is 0 Å². The van der Waals surface area contributed by atoms with Crippen LogP contribution in [0.1, 0.15) is 44.7 Å². The summed E-state index contributed by atoms with van der Waals surface area (Å²) in [6, 6.07) is 12.1. The Morgan fingerprint density at radius 3 is 2.62 bits per heavy atom. The maximum atomic E-state index is 12.4. The van der Waals surface area contributed by atoms with Gasteiger partial charge in [0, 0.05) is 30.8 Å².